The zero-order valence-corrected chi connectivity index (χ0v) is 14.1. The molecule has 2 aromatic heterocycles. The number of ether oxygens (including phenoxy) is 1. The third-order valence-electron chi connectivity index (χ3n) is 4.20. The molecule has 1 saturated carbocycles. The van der Waals surface area contributed by atoms with Crippen LogP contribution in [0.1, 0.15) is 42.5 Å². The Labute approximate surface area is 146 Å². The van der Waals surface area contributed by atoms with Gasteiger partial charge in [-0.2, -0.15) is 5.10 Å². The highest BCUT2D eigenvalue weighted by Gasteiger charge is 2.17. The number of carbonyl (C=O) groups excluding carboxylic acids is 1. The Morgan fingerprint density at radius 2 is 2.12 bits per heavy atom. The first-order valence-corrected chi connectivity index (χ1v) is 8.65. The summed E-state index contributed by atoms with van der Waals surface area (Å²) in [5.74, 6) is 0.326. The van der Waals surface area contributed by atoms with Crippen molar-refractivity contribution < 1.29 is 9.53 Å². The monoisotopic (exact) mass is 342 g/mol. The van der Waals surface area contributed by atoms with E-state index in [0.717, 1.165) is 12.8 Å². The summed E-state index contributed by atoms with van der Waals surface area (Å²) in [5.41, 5.74) is 0.384. The summed E-state index contributed by atoms with van der Waals surface area (Å²) in [5, 5.41) is 6.82. The minimum absolute atomic E-state index is 0.142. The molecular weight excluding hydrogens is 320 g/mol. The fourth-order valence-electron chi connectivity index (χ4n) is 2.88. The minimum Gasteiger partial charge on any atom is -0.474 e. The number of rotatable bonds is 7. The molecule has 1 amide bonds. The molecule has 132 valence electrons. The maximum atomic E-state index is 12.2. The summed E-state index contributed by atoms with van der Waals surface area (Å²) in [6.45, 7) is 0.926. The average Bonchev–Trinajstić information content (AvgIpc) is 3.13. The molecule has 1 aliphatic carbocycles. The molecule has 1 N–H and O–H groups in total. The number of hydrogen-bond acceptors (Lipinski definition) is 5. The van der Waals surface area contributed by atoms with Crippen molar-refractivity contribution in [2.24, 2.45) is 0 Å². The fourth-order valence-corrected chi connectivity index (χ4v) is 2.88. The summed E-state index contributed by atoms with van der Waals surface area (Å²) < 4.78 is 7.21. The van der Waals surface area contributed by atoms with Crippen LogP contribution in [0.3, 0.4) is 0 Å². The van der Waals surface area contributed by atoms with Crippen molar-refractivity contribution >= 4 is 5.91 Å². The Morgan fingerprint density at radius 3 is 2.92 bits per heavy atom. The Bertz CT molecular complexity index is 769. The lowest BCUT2D eigenvalue weighted by molar-refractivity contribution is 0.0951. The molecule has 0 radical (unpaired) electrons. The van der Waals surface area contributed by atoms with E-state index in [4.69, 9.17) is 4.74 Å². The van der Waals surface area contributed by atoms with Gasteiger partial charge >= 0.3 is 0 Å². The molecule has 0 aromatic carbocycles. The summed E-state index contributed by atoms with van der Waals surface area (Å²) in [4.78, 5) is 28.0. The molecule has 2 aromatic rings. The van der Waals surface area contributed by atoms with Crippen LogP contribution in [-0.2, 0) is 6.54 Å². The molecule has 1 fully saturated rings. The van der Waals surface area contributed by atoms with E-state index in [0.29, 0.717) is 31.0 Å². The SMILES string of the molecule is O=C(NCCCn1ncccc1=O)c1ccnc(OC2CCCC2)c1. The molecule has 0 aliphatic heterocycles. The highest BCUT2D eigenvalue weighted by molar-refractivity contribution is 5.94. The quantitative estimate of drug-likeness (QED) is 0.775. The number of nitrogens with zero attached hydrogens (tertiary/aromatic N) is 3. The topological polar surface area (TPSA) is 86.1 Å². The van der Waals surface area contributed by atoms with Crippen LogP contribution in [0.25, 0.3) is 0 Å². The van der Waals surface area contributed by atoms with E-state index in [1.54, 1.807) is 30.6 Å². The van der Waals surface area contributed by atoms with Crippen LogP contribution in [0.2, 0.25) is 0 Å². The second-order valence-corrected chi connectivity index (χ2v) is 6.10. The normalized spacial score (nSPS) is 14.4. The number of aromatic nitrogens is 3. The maximum Gasteiger partial charge on any atom is 0.266 e. The molecule has 7 heteroatoms. The van der Waals surface area contributed by atoms with Crippen LogP contribution in [0, 0.1) is 0 Å². The molecule has 1 aliphatic rings. The fraction of sp³-hybridized carbons (Fsp3) is 0.444. The molecule has 0 spiro atoms. The van der Waals surface area contributed by atoms with Gasteiger partial charge in [0.05, 0.1) is 0 Å². The lowest BCUT2D eigenvalue weighted by atomic mass is 10.2. The third-order valence-corrected chi connectivity index (χ3v) is 4.20. The average molecular weight is 342 g/mol. The van der Waals surface area contributed by atoms with E-state index in [2.05, 4.69) is 15.4 Å². The zero-order chi connectivity index (χ0) is 17.5. The largest absolute Gasteiger partial charge is 0.474 e. The Kier molecular flexibility index (Phi) is 5.77. The first-order chi connectivity index (χ1) is 12.2. The van der Waals surface area contributed by atoms with Gasteiger partial charge in [-0.25, -0.2) is 9.67 Å². The molecule has 0 unspecified atom stereocenters. The summed E-state index contributed by atoms with van der Waals surface area (Å²) in [6.07, 6.45) is 8.46. The van der Waals surface area contributed by atoms with Crippen molar-refractivity contribution in [2.45, 2.75) is 44.8 Å². The van der Waals surface area contributed by atoms with E-state index in [1.165, 1.54) is 23.6 Å². The van der Waals surface area contributed by atoms with Gasteiger partial charge in [-0.3, -0.25) is 9.59 Å². The molecule has 0 atom stereocenters. The van der Waals surface area contributed by atoms with Gasteiger partial charge in [-0.1, -0.05) is 0 Å². The summed E-state index contributed by atoms with van der Waals surface area (Å²) in [6, 6.07) is 6.42. The standard InChI is InChI=1S/C18H22N4O3/c23-17-7-3-10-21-22(17)12-4-9-20-18(24)14-8-11-19-16(13-14)25-15-5-1-2-6-15/h3,7-8,10-11,13,15H,1-2,4-6,9,12H2,(H,20,24). The predicted molar refractivity (Wildman–Crippen MR) is 92.6 cm³/mol. The molecule has 0 bridgehead atoms. The number of aryl methyl sites for hydroxylation is 1. The molecule has 25 heavy (non-hydrogen) atoms. The van der Waals surface area contributed by atoms with Crippen molar-refractivity contribution in [3.8, 4) is 5.88 Å². The summed E-state index contributed by atoms with van der Waals surface area (Å²) in [7, 11) is 0. The van der Waals surface area contributed by atoms with Crippen molar-refractivity contribution in [2.75, 3.05) is 6.54 Å². The Balaban J connectivity index is 1.47. The Morgan fingerprint density at radius 1 is 1.28 bits per heavy atom. The zero-order valence-electron chi connectivity index (χ0n) is 14.1. The smallest absolute Gasteiger partial charge is 0.266 e. The number of hydrogen-bond donors (Lipinski definition) is 1. The lowest BCUT2D eigenvalue weighted by Crippen LogP contribution is -2.27. The van der Waals surface area contributed by atoms with Crippen molar-refractivity contribution in [3.63, 3.8) is 0 Å². The lowest BCUT2D eigenvalue weighted by Gasteiger charge is -2.12. The number of pyridine rings is 1. The first kappa shape index (κ1) is 17.1. The van der Waals surface area contributed by atoms with Crippen molar-refractivity contribution in [1.82, 2.24) is 20.1 Å². The maximum absolute atomic E-state index is 12.2. The third kappa shape index (κ3) is 4.89. The molecule has 2 heterocycles. The van der Waals surface area contributed by atoms with Gasteiger partial charge in [0, 0.05) is 43.2 Å². The van der Waals surface area contributed by atoms with E-state index in [1.807, 2.05) is 0 Å². The van der Waals surface area contributed by atoms with Gasteiger partial charge in [0.2, 0.25) is 5.88 Å². The van der Waals surface area contributed by atoms with Crippen LogP contribution < -0.4 is 15.6 Å². The van der Waals surface area contributed by atoms with E-state index < -0.39 is 0 Å². The molecule has 7 nitrogen and oxygen atoms in total. The van der Waals surface area contributed by atoms with Crippen LogP contribution in [0.4, 0.5) is 0 Å². The number of nitrogens with one attached hydrogen (secondary N) is 1. The van der Waals surface area contributed by atoms with Gasteiger partial charge in [0.25, 0.3) is 11.5 Å². The Hall–Kier alpha value is -2.70. The van der Waals surface area contributed by atoms with Gasteiger partial charge in [-0.15, -0.1) is 0 Å². The van der Waals surface area contributed by atoms with Crippen LogP contribution >= 0.6 is 0 Å². The van der Waals surface area contributed by atoms with Gasteiger partial charge in [0.15, 0.2) is 0 Å². The molecular formula is C18H22N4O3. The van der Waals surface area contributed by atoms with Gasteiger partial charge < -0.3 is 10.1 Å². The van der Waals surface area contributed by atoms with Gasteiger partial charge in [-0.05, 0) is 44.2 Å². The minimum atomic E-state index is -0.174. The highest BCUT2D eigenvalue weighted by Crippen LogP contribution is 2.23. The van der Waals surface area contributed by atoms with Crippen molar-refractivity contribution in [1.29, 1.82) is 0 Å². The van der Waals surface area contributed by atoms with E-state index in [9.17, 15) is 9.59 Å². The van der Waals surface area contributed by atoms with Gasteiger partial charge in [0.1, 0.15) is 6.10 Å². The predicted octanol–water partition coefficient (Wildman–Crippen LogP) is 1.78. The van der Waals surface area contributed by atoms with E-state index in [-0.39, 0.29) is 17.6 Å². The summed E-state index contributed by atoms with van der Waals surface area (Å²) >= 11 is 0. The van der Waals surface area contributed by atoms with Crippen molar-refractivity contribution in [3.05, 3.63) is 52.6 Å². The molecule has 0 saturated heterocycles. The van der Waals surface area contributed by atoms with Crippen LogP contribution in [0.5, 0.6) is 5.88 Å². The van der Waals surface area contributed by atoms with E-state index >= 15 is 0 Å². The highest BCUT2D eigenvalue weighted by atomic mass is 16.5. The number of amides is 1. The first-order valence-electron chi connectivity index (χ1n) is 8.65. The second-order valence-electron chi connectivity index (χ2n) is 6.10. The van der Waals surface area contributed by atoms with Crippen LogP contribution in [-0.4, -0.2) is 33.3 Å². The number of carbonyl (C=O) groups is 1. The second kappa shape index (κ2) is 8.41. The van der Waals surface area contributed by atoms with Crippen LogP contribution in [0.15, 0.2) is 41.5 Å². The molecule has 3 rings (SSSR count).